The van der Waals surface area contributed by atoms with E-state index in [0.717, 1.165) is 12.8 Å². The Balaban J connectivity index is 1.61. The summed E-state index contributed by atoms with van der Waals surface area (Å²) in [6.07, 6.45) is 3.13. The first-order valence-electron chi connectivity index (χ1n) is 12.6. The second kappa shape index (κ2) is 12.6. The molecule has 3 amide bonds. The van der Waals surface area contributed by atoms with Gasteiger partial charge >= 0.3 is 0 Å². The Hall–Kier alpha value is -4.80. The van der Waals surface area contributed by atoms with Gasteiger partial charge in [0.1, 0.15) is 6.42 Å². The molecule has 2 aromatic heterocycles. The summed E-state index contributed by atoms with van der Waals surface area (Å²) in [5, 5.41) is 29.8. The average Bonchev–Trinajstić information content (AvgIpc) is 3.66. The number of nitrogens with zero attached hydrogens (tertiary/aromatic N) is 5. The zero-order chi connectivity index (χ0) is 29.6. The van der Waals surface area contributed by atoms with Crippen LogP contribution >= 0.6 is 0 Å². The minimum atomic E-state index is -2.01. The van der Waals surface area contributed by atoms with E-state index in [-0.39, 0.29) is 41.4 Å². The summed E-state index contributed by atoms with van der Waals surface area (Å²) in [6.45, 7) is 0.689. The molecule has 1 saturated carbocycles. The summed E-state index contributed by atoms with van der Waals surface area (Å²) < 4.78 is 7.34. The lowest BCUT2D eigenvalue weighted by molar-refractivity contribution is -0.120. The van der Waals surface area contributed by atoms with Gasteiger partial charge in [0.2, 0.25) is 11.8 Å². The molecule has 2 heterocycles. The summed E-state index contributed by atoms with van der Waals surface area (Å²) >= 11 is 0. The first-order valence-corrected chi connectivity index (χ1v) is 12.6. The number of carbonyl (C=O) groups excluding carboxylic acids is 3. The van der Waals surface area contributed by atoms with Crippen LogP contribution in [0.4, 0.5) is 17.2 Å². The van der Waals surface area contributed by atoms with Crippen molar-refractivity contribution in [3.63, 3.8) is 0 Å². The van der Waals surface area contributed by atoms with Gasteiger partial charge in [-0.05, 0) is 31.0 Å². The van der Waals surface area contributed by atoms with E-state index in [0.29, 0.717) is 35.8 Å². The van der Waals surface area contributed by atoms with Crippen molar-refractivity contribution in [2.75, 3.05) is 24.3 Å². The Morgan fingerprint density at radius 1 is 1.17 bits per heavy atom. The van der Waals surface area contributed by atoms with Crippen LogP contribution in [0.2, 0.25) is 0 Å². The summed E-state index contributed by atoms with van der Waals surface area (Å²) in [7, 11) is 18.1. The highest BCUT2D eigenvalue weighted by Crippen LogP contribution is 2.38. The van der Waals surface area contributed by atoms with Crippen molar-refractivity contribution in [2.45, 2.75) is 31.0 Å². The average molecular weight is 547 g/mol. The van der Waals surface area contributed by atoms with Crippen LogP contribution in [-0.2, 0) is 16.1 Å². The van der Waals surface area contributed by atoms with Crippen LogP contribution < -0.4 is 26.0 Å². The van der Waals surface area contributed by atoms with Gasteiger partial charge in [0, 0.05) is 30.3 Å². The molecule has 0 atom stereocenters. The predicted octanol–water partition coefficient (Wildman–Crippen LogP) is 0.317. The van der Waals surface area contributed by atoms with Gasteiger partial charge in [0.15, 0.2) is 17.3 Å². The topological polar surface area (TPSA) is 176 Å². The normalized spacial score (nSPS) is 12.6. The SMILES string of the molecule is [B]C([B])([B])NC(=O)c1nnc(NC(=O)C2CC2)cc1Nc1cccc(-c2ccn(CCNC(=O)CC#N)n2)c1OC. The second-order valence-corrected chi connectivity index (χ2v) is 9.30. The number of carbonyl (C=O) groups is 3. The maximum absolute atomic E-state index is 12.9. The molecule has 4 rings (SSSR count). The lowest BCUT2D eigenvalue weighted by Gasteiger charge is -2.23. The van der Waals surface area contributed by atoms with E-state index in [2.05, 4.69) is 36.6 Å². The number of methoxy groups -OCH3 is 1. The molecule has 0 saturated heterocycles. The van der Waals surface area contributed by atoms with Crippen molar-refractivity contribution < 1.29 is 19.1 Å². The fourth-order valence-corrected chi connectivity index (χ4v) is 3.82. The molecule has 0 bridgehead atoms. The van der Waals surface area contributed by atoms with E-state index in [1.54, 1.807) is 41.2 Å². The highest BCUT2D eigenvalue weighted by molar-refractivity contribution is 6.60. The zero-order valence-corrected chi connectivity index (χ0v) is 22.2. The largest absolute Gasteiger partial charge is 0.494 e. The maximum atomic E-state index is 12.9. The lowest BCUT2D eigenvalue weighted by Crippen LogP contribution is -2.50. The molecule has 1 fully saturated rings. The van der Waals surface area contributed by atoms with Crippen LogP contribution in [0.15, 0.2) is 36.5 Å². The molecule has 13 nitrogen and oxygen atoms in total. The Bertz CT molecular complexity index is 1500. The van der Waals surface area contributed by atoms with E-state index in [4.69, 9.17) is 33.5 Å². The molecule has 6 radical (unpaired) electrons. The molecule has 0 unspecified atom stereocenters. The molecular weight excluding hydrogens is 523 g/mol. The Morgan fingerprint density at radius 2 is 1.95 bits per heavy atom. The minimum absolute atomic E-state index is 0.0751. The van der Waals surface area contributed by atoms with Crippen molar-refractivity contribution in [3.8, 4) is 23.1 Å². The quantitative estimate of drug-likeness (QED) is 0.233. The standard InChI is InChI=1S/C25H24B3N9O4/c1-41-22-15(16-8-11-37(36-16)12-10-30-20(38)7-9-29)3-2-4-17(22)31-18-13-19(32-23(39)14-5-6-14)34-35-21(18)24(40)33-25(26,27)28/h2-4,8,11,13-14H,5-7,10,12H2,1H3,(H,30,38)(H,33,40)(H2,31,32,34,39). The molecule has 202 valence electrons. The molecule has 0 aliphatic heterocycles. The van der Waals surface area contributed by atoms with Gasteiger partial charge < -0.3 is 26.0 Å². The van der Waals surface area contributed by atoms with Crippen molar-refractivity contribution in [3.05, 3.63) is 42.2 Å². The van der Waals surface area contributed by atoms with Crippen LogP contribution in [0.1, 0.15) is 29.8 Å². The fraction of sp³-hybridized carbons (Fsp3) is 0.320. The molecule has 41 heavy (non-hydrogen) atoms. The molecular formula is C25H24B3N9O4. The molecule has 4 N–H and O–H groups in total. The number of para-hydroxylation sites is 1. The van der Waals surface area contributed by atoms with Crippen LogP contribution in [0, 0.1) is 17.2 Å². The third-order valence-electron chi connectivity index (χ3n) is 5.85. The number of amides is 3. The third kappa shape index (κ3) is 7.88. The van der Waals surface area contributed by atoms with Gasteiger partial charge in [-0.3, -0.25) is 19.1 Å². The number of nitriles is 1. The molecule has 16 heteroatoms. The van der Waals surface area contributed by atoms with Crippen LogP contribution in [0.5, 0.6) is 5.75 Å². The first kappa shape index (κ1) is 29.2. The predicted molar refractivity (Wildman–Crippen MR) is 152 cm³/mol. The van der Waals surface area contributed by atoms with Gasteiger partial charge in [-0.1, -0.05) is 11.3 Å². The summed E-state index contributed by atoms with van der Waals surface area (Å²) in [4.78, 5) is 36.7. The monoisotopic (exact) mass is 547 g/mol. The first-order chi connectivity index (χ1) is 19.6. The third-order valence-corrected chi connectivity index (χ3v) is 5.85. The van der Waals surface area contributed by atoms with Gasteiger partial charge in [0.05, 0.1) is 60.3 Å². The Labute approximate surface area is 240 Å². The number of aromatic nitrogens is 4. The van der Waals surface area contributed by atoms with Crippen molar-refractivity contribution >= 4 is 58.5 Å². The Kier molecular flexibility index (Phi) is 8.96. The van der Waals surface area contributed by atoms with E-state index >= 15 is 0 Å². The zero-order valence-electron chi connectivity index (χ0n) is 22.2. The summed E-state index contributed by atoms with van der Waals surface area (Å²) in [5.74, 6) is -0.887. The fourth-order valence-electron chi connectivity index (χ4n) is 3.82. The minimum Gasteiger partial charge on any atom is -0.494 e. The number of nitrogens with one attached hydrogen (secondary N) is 4. The number of hydrogen-bond donors (Lipinski definition) is 4. The maximum Gasteiger partial charge on any atom is 0.272 e. The highest BCUT2D eigenvalue weighted by atomic mass is 16.5. The van der Waals surface area contributed by atoms with Gasteiger partial charge in [-0.2, -0.15) is 10.4 Å². The van der Waals surface area contributed by atoms with E-state index in [9.17, 15) is 14.4 Å². The van der Waals surface area contributed by atoms with Crippen LogP contribution in [0.25, 0.3) is 11.3 Å². The van der Waals surface area contributed by atoms with Gasteiger partial charge in [0.25, 0.3) is 5.91 Å². The van der Waals surface area contributed by atoms with Crippen LogP contribution in [0.3, 0.4) is 0 Å². The van der Waals surface area contributed by atoms with Crippen molar-refractivity contribution in [1.82, 2.24) is 30.6 Å². The molecule has 0 spiro atoms. The smallest absolute Gasteiger partial charge is 0.272 e. The number of rotatable bonds is 12. The highest BCUT2D eigenvalue weighted by Gasteiger charge is 2.30. The van der Waals surface area contributed by atoms with E-state index in [1.165, 1.54) is 13.2 Å². The van der Waals surface area contributed by atoms with E-state index < -0.39 is 11.1 Å². The van der Waals surface area contributed by atoms with Crippen LogP contribution in [-0.4, -0.2) is 80.1 Å². The molecule has 3 aromatic rings. The number of anilines is 3. The number of benzene rings is 1. The summed E-state index contributed by atoms with van der Waals surface area (Å²) in [5.41, 5.74) is 1.64. The second-order valence-electron chi connectivity index (χ2n) is 9.30. The lowest BCUT2D eigenvalue weighted by atomic mass is 9.49. The molecule has 1 aromatic carbocycles. The number of ether oxygens (including phenoxy) is 1. The van der Waals surface area contributed by atoms with Crippen molar-refractivity contribution in [1.29, 1.82) is 5.26 Å². The van der Waals surface area contributed by atoms with Gasteiger partial charge in [-0.25, -0.2) is 0 Å². The summed E-state index contributed by atoms with van der Waals surface area (Å²) in [6, 6.07) is 10.3. The van der Waals surface area contributed by atoms with E-state index in [1.807, 2.05) is 0 Å². The van der Waals surface area contributed by atoms with Gasteiger partial charge in [-0.15, -0.1) is 10.2 Å². The molecule has 1 aliphatic rings. The number of hydrogen-bond acceptors (Lipinski definition) is 9. The van der Waals surface area contributed by atoms with Crippen molar-refractivity contribution in [2.24, 2.45) is 5.92 Å². The Morgan fingerprint density at radius 3 is 2.63 bits per heavy atom. The molecule has 1 aliphatic carbocycles.